The van der Waals surface area contributed by atoms with Gasteiger partial charge in [-0.3, -0.25) is 14.7 Å². The molecule has 1 saturated heterocycles. The van der Waals surface area contributed by atoms with Crippen molar-refractivity contribution in [3.05, 3.63) is 59.0 Å². The van der Waals surface area contributed by atoms with Gasteiger partial charge in [-0.05, 0) is 55.7 Å². The molecular formula is C25H30ClN5O. The van der Waals surface area contributed by atoms with Gasteiger partial charge in [0.05, 0.1) is 23.8 Å². The van der Waals surface area contributed by atoms with Gasteiger partial charge in [0, 0.05) is 67.1 Å². The Kier molecular flexibility index (Phi) is 5.93. The summed E-state index contributed by atoms with van der Waals surface area (Å²) >= 11 is 6.28. The average Bonchev–Trinajstić information content (AvgIpc) is 3.55. The Morgan fingerprint density at radius 1 is 1.19 bits per heavy atom. The Balaban J connectivity index is 1.40. The number of carbonyl (C=O) groups excluding carboxylic acids is 1. The maximum absolute atomic E-state index is 12.3. The van der Waals surface area contributed by atoms with Crippen LogP contribution in [0.2, 0.25) is 5.02 Å². The highest BCUT2D eigenvalue weighted by atomic mass is 35.5. The zero-order chi connectivity index (χ0) is 22.1. The van der Waals surface area contributed by atoms with E-state index >= 15 is 0 Å². The number of benzene rings is 1. The van der Waals surface area contributed by atoms with Crippen molar-refractivity contribution < 1.29 is 4.79 Å². The van der Waals surface area contributed by atoms with Crippen molar-refractivity contribution in [3.8, 4) is 0 Å². The third-order valence-corrected chi connectivity index (χ3v) is 7.25. The van der Waals surface area contributed by atoms with E-state index in [1.165, 1.54) is 11.2 Å². The number of aromatic nitrogens is 2. The minimum atomic E-state index is -0.326. The highest BCUT2D eigenvalue weighted by Crippen LogP contribution is 2.51. The predicted molar refractivity (Wildman–Crippen MR) is 129 cm³/mol. The molecule has 2 aliphatic rings. The Bertz CT molecular complexity index is 1130. The molecule has 168 valence electrons. The van der Waals surface area contributed by atoms with E-state index in [0.717, 1.165) is 73.8 Å². The first kappa shape index (κ1) is 21.4. The van der Waals surface area contributed by atoms with E-state index in [2.05, 4.69) is 37.2 Å². The Hall–Kier alpha value is -2.41. The number of Topliss-reactive ketones (excluding diaryl/α,β-unsaturated/α-hetero) is 1. The van der Waals surface area contributed by atoms with Gasteiger partial charge in [0.25, 0.3) is 0 Å². The van der Waals surface area contributed by atoms with E-state index in [4.69, 9.17) is 11.6 Å². The maximum atomic E-state index is 12.3. The Morgan fingerprint density at radius 2 is 2.00 bits per heavy atom. The number of nitrogens with one attached hydrogen (secondary N) is 2. The van der Waals surface area contributed by atoms with Gasteiger partial charge >= 0.3 is 0 Å². The van der Waals surface area contributed by atoms with Crippen LogP contribution >= 0.6 is 11.6 Å². The topological polar surface area (TPSA) is 62.2 Å². The van der Waals surface area contributed by atoms with Gasteiger partial charge in [0.15, 0.2) is 0 Å². The summed E-state index contributed by atoms with van der Waals surface area (Å²) in [7, 11) is 0. The molecule has 0 spiro atoms. The lowest BCUT2D eigenvalue weighted by Gasteiger charge is -2.27. The van der Waals surface area contributed by atoms with E-state index in [1.54, 1.807) is 13.1 Å². The number of ketones is 1. The summed E-state index contributed by atoms with van der Waals surface area (Å²) in [5.74, 6) is 0.242. The van der Waals surface area contributed by atoms with Crippen molar-refractivity contribution in [2.45, 2.75) is 38.3 Å². The maximum Gasteiger partial charge on any atom is 0.140 e. The molecule has 0 atom stereocenters. The highest BCUT2D eigenvalue weighted by Gasteiger charge is 2.50. The van der Waals surface area contributed by atoms with Crippen LogP contribution in [0.3, 0.4) is 0 Å². The van der Waals surface area contributed by atoms with Gasteiger partial charge < -0.3 is 15.2 Å². The first-order valence-electron chi connectivity index (χ1n) is 11.5. The summed E-state index contributed by atoms with van der Waals surface area (Å²) in [6.07, 6.45) is 5.48. The lowest BCUT2D eigenvalue weighted by atomic mass is 9.91. The van der Waals surface area contributed by atoms with Crippen LogP contribution in [0.1, 0.15) is 31.0 Å². The molecule has 7 heteroatoms. The molecule has 2 N–H and O–H groups in total. The monoisotopic (exact) mass is 451 g/mol. The number of hydrogen-bond acceptors (Lipinski definition) is 5. The van der Waals surface area contributed by atoms with Crippen LogP contribution in [0.5, 0.6) is 0 Å². The second-order valence-electron chi connectivity index (χ2n) is 9.00. The summed E-state index contributed by atoms with van der Waals surface area (Å²) in [5.41, 5.74) is 4.12. The second kappa shape index (κ2) is 8.85. The van der Waals surface area contributed by atoms with E-state index in [-0.39, 0.29) is 11.2 Å². The zero-order valence-electron chi connectivity index (χ0n) is 18.5. The summed E-state index contributed by atoms with van der Waals surface area (Å²) in [6, 6.07) is 10.3. The number of pyridine rings is 1. The van der Waals surface area contributed by atoms with Crippen LogP contribution in [0.4, 0.5) is 5.69 Å². The number of piperazine rings is 1. The third-order valence-electron chi connectivity index (χ3n) is 7.02. The van der Waals surface area contributed by atoms with Gasteiger partial charge in [0.1, 0.15) is 5.78 Å². The van der Waals surface area contributed by atoms with E-state index < -0.39 is 0 Å². The van der Waals surface area contributed by atoms with Crippen molar-refractivity contribution >= 4 is 34.0 Å². The molecule has 2 fully saturated rings. The molecule has 6 nitrogen and oxygen atoms in total. The molecule has 0 amide bonds. The van der Waals surface area contributed by atoms with Crippen LogP contribution in [0.25, 0.3) is 10.9 Å². The molecular weight excluding hydrogens is 422 g/mol. The first-order chi connectivity index (χ1) is 15.6. The lowest BCUT2D eigenvalue weighted by Crippen LogP contribution is -2.44. The second-order valence-corrected chi connectivity index (χ2v) is 9.43. The molecule has 0 radical (unpaired) electrons. The van der Waals surface area contributed by atoms with Crippen LogP contribution in [-0.4, -0.2) is 53.0 Å². The molecule has 3 aromatic rings. The number of anilines is 1. The normalized spacial score (nSPS) is 18.1. The first-order valence-corrected chi connectivity index (χ1v) is 11.8. The number of carbonyl (C=O) groups is 1. The molecule has 0 bridgehead atoms. The SMILES string of the molecule is CC(=O)C1(c2ccncc2NCc2cc3cc(Cl)ccc3n2CCN2CCNCC2)CC1. The van der Waals surface area contributed by atoms with Crippen molar-refractivity contribution in [1.82, 2.24) is 19.8 Å². The van der Waals surface area contributed by atoms with Crippen LogP contribution in [0, 0.1) is 0 Å². The molecule has 1 saturated carbocycles. The van der Waals surface area contributed by atoms with Crippen molar-refractivity contribution in [1.29, 1.82) is 0 Å². The molecule has 1 aliphatic heterocycles. The lowest BCUT2D eigenvalue weighted by molar-refractivity contribution is -0.119. The smallest absolute Gasteiger partial charge is 0.140 e. The summed E-state index contributed by atoms with van der Waals surface area (Å²) in [4.78, 5) is 19.2. The molecule has 2 aromatic heterocycles. The fourth-order valence-corrected chi connectivity index (χ4v) is 5.14. The fourth-order valence-electron chi connectivity index (χ4n) is 4.96. The van der Waals surface area contributed by atoms with Crippen LogP contribution in [0.15, 0.2) is 42.7 Å². The highest BCUT2D eigenvalue weighted by molar-refractivity contribution is 6.31. The Morgan fingerprint density at radius 3 is 2.75 bits per heavy atom. The van der Waals surface area contributed by atoms with Crippen molar-refractivity contribution in [3.63, 3.8) is 0 Å². The Labute approximate surface area is 194 Å². The van der Waals surface area contributed by atoms with Gasteiger partial charge in [0.2, 0.25) is 0 Å². The zero-order valence-corrected chi connectivity index (χ0v) is 19.3. The third kappa shape index (κ3) is 4.15. The summed E-state index contributed by atoms with van der Waals surface area (Å²) in [5, 5.41) is 8.92. The minimum absolute atomic E-state index is 0.242. The number of hydrogen-bond donors (Lipinski definition) is 2. The van der Waals surface area contributed by atoms with Crippen LogP contribution < -0.4 is 10.6 Å². The molecule has 3 heterocycles. The van der Waals surface area contributed by atoms with Crippen molar-refractivity contribution in [2.24, 2.45) is 0 Å². The number of rotatable bonds is 8. The average molecular weight is 452 g/mol. The van der Waals surface area contributed by atoms with Crippen molar-refractivity contribution in [2.75, 3.05) is 38.0 Å². The largest absolute Gasteiger partial charge is 0.378 e. The number of nitrogens with zero attached hydrogens (tertiary/aromatic N) is 3. The predicted octanol–water partition coefficient (Wildman–Crippen LogP) is 3.83. The molecule has 1 aliphatic carbocycles. The fraction of sp³-hybridized carbons (Fsp3) is 0.440. The van der Waals surface area contributed by atoms with Gasteiger partial charge in [-0.25, -0.2) is 0 Å². The van der Waals surface area contributed by atoms with Crippen LogP contribution in [-0.2, 0) is 23.3 Å². The van der Waals surface area contributed by atoms with E-state index in [1.807, 2.05) is 24.4 Å². The summed E-state index contributed by atoms with van der Waals surface area (Å²) < 4.78 is 2.40. The van der Waals surface area contributed by atoms with Gasteiger partial charge in [-0.1, -0.05) is 11.6 Å². The number of fused-ring (bicyclic) bond motifs is 1. The van der Waals surface area contributed by atoms with Gasteiger partial charge in [-0.2, -0.15) is 0 Å². The molecule has 32 heavy (non-hydrogen) atoms. The standard InChI is InChI=1S/C25H30ClN5O/c1-18(32)25(5-6-25)22-4-7-28-17-23(22)29-16-21-15-19-14-20(26)2-3-24(19)31(21)13-12-30-10-8-27-9-11-30/h2-4,7,14-15,17,27,29H,5-6,8-13,16H2,1H3. The van der Waals surface area contributed by atoms with E-state index in [9.17, 15) is 4.79 Å². The minimum Gasteiger partial charge on any atom is -0.378 e. The summed E-state index contributed by atoms with van der Waals surface area (Å²) in [6.45, 7) is 8.60. The van der Waals surface area contributed by atoms with E-state index in [0.29, 0.717) is 6.54 Å². The van der Waals surface area contributed by atoms with Gasteiger partial charge in [-0.15, -0.1) is 0 Å². The molecule has 1 aromatic carbocycles. The molecule has 5 rings (SSSR count). The quantitative estimate of drug-likeness (QED) is 0.545. The molecule has 0 unspecified atom stereocenters. The number of halogens is 1.